The van der Waals surface area contributed by atoms with Gasteiger partial charge in [-0.05, 0) is 48.7 Å². The fraction of sp³-hybridized carbons (Fsp3) is 0.375. The zero-order valence-electron chi connectivity index (χ0n) is 18.4. The predicted octanol–water partition coefficient (Wildman–Crippen LogP) is 3.38. The number of nitrogens with zero attached hydrogens (tertiary/aromatic N) is 2. The average molecular weight is 472 g/mol. The standard InChI is InChI=1S/C24H26FN3O4S/c1-31-12-10-26-22(29)17-6-9-20-21(13-17)27-24(33-15-16-4-7-18(25)8-5-16)28(23(20)30)14-19-3-2-11-32-19/h4-9,13,19H,2-3,10-12,14-15H2,1H3,(H,26,29). The lowest BCUT2D eigenvalue weighted by Gasteiger charge is -2.17. The summed E-state index contributed by atoms with van der Waals surface area (Å²) in [7, 11) is 1.57. The number of methoxy groups -OCH3 is 1. The van der Waals surface area contributed by atoms with E-state index in [-0.39, 0.29) is 23.4 Å². The monoisotopic (exact) mass is 471 g/mol. The van der Waals surface area contributed by atoms with Crippen molar-refractivity contribution in [1.29, 1.82) is 0 Å². The van der Waals surface area contributed by atoms with Crippen LogP contribution in [0.5, 0.6) is 0 Å². The Balaban J connectivity index is 1.66. The summed E-state index contributed by atoms with van der Waals surface area (Å²) in [6.45, 7) is 1.92. The van der Waals surface area contributed by atoms with Gasteiger partial charge in [-0.3, -0.25) is 14.2 Å². The van der Waals surface area contributed by atoms with E-state index >= 15 is 0 Å². The molecule has 33 heavy (non-hydrogen) atoms. The number of thioether (sulfide) groups is 1. The van der Waals surface area contributed by atoms with Crippen molar-refractivity contribution in [2.75, 3.05) is 26.9 Å². The number of benzene rings is 2. The first-order valence-electron chi connectivity index (χ1n) is 10.9. The zero-order chi connectivity index (χ0) is 23.2. The maximum absolute atomic E-state index is 13.4. The van der Waals surface area contributed by atoms with E-state index in [0.29, 0.717) is 53.7 Å². The van der Waals surface area contributed by atoms with Gasteiger partial charge in [-0.25, -0.2) is 9.37 Å². The van der Waals surface area contributed by atoms with Crippen LogP contribution in [0.4, 0.5) is 4.39 Å². The second-order valence-electron chi connectivity index (χ2n) is 7.84. The molecule has 2 aromatic carbocycles. The minimum absolute atomic E-state index is 0.0297. The zero-order valence-corrected chi connectivity index (χ0v) is 19.2. The number of hydrogen-bond acceptors (Lipinski definition) is 6. The third-order valence-corrected chi connectivity index (χ3v) is 6.51. The van der Waals surface area contributed by atoms with Crippen molar-refractivity contribution in [3.8, 4) is 0 Å². The molecule has 0 aliphatic carbocycles. The second-order valence-corrected chi connectivity index (χ2v) is 8.78. The highest BCUT2D eigenvalue weighted by atomic mass is 32.2. The number of ether oxygens (including phenoxy) is 2. The van der Waals surface area contributed by atoms with E-state index in [9.17, 15) is 14.0 Å². The highest BCUT2D eigenvalue weighted by Crippen LogP contribution is 2.24. The fourth-order valence-electron chi connectivity index (χ4n) is 3.70. The number of carbonyl (C=O) groups excluding carboxylic acids is 1. The minimum Gasteiger partial charge on any atom is -0.383 e. The van der Waals surface area contributed by atoms with Crippen LogP contribution in [0.3, 0.4) is 0 Å². The summed E-state index contributed by atoms with van der Waals surface area (Å²) in [5.41, 5.74) is 1.65. The van der Waals surface area contributed by atoms with Gasteiger partial charge >= 0.3 is 0 Å². The first-order valence-corrected chi connectivity index (χ1v) is 11.8. The number of halogens is 1. The molecule has 9 heteroatoms. The van der Waals surface area contributed by atoms with Crippen molar-refractivity contribution in [1.82, 2.24) is 14.9 Å². The van der Waals surface area contributed by atoms with E-state index in [1.54, 1.807) is 42.0 Å². The van der Waals surface area contributed by atoms with Gasteiger partial charge < -0.3 is 14.8 Å². The van der Waals surface area contributed by atoms with Crippen LogP contribution in [0.15, 0.2) is 52.4 Å². The quantitative estimate of drug-likeness (QED) is 0.293. The first-order chi connectivity index (χ1) is 16.0. The van der Waals surface area contributed by atoms with E-state index in [4.69, 9.17) is 14.5 Å². The Morgan fingerprint density at radius 3 is 2.85 bits per heavy atom. The van der Waals surface area contributed by atoms with Gasteiger partial charge in [0.15, 0.2) is 5.16 Å². The summed E-state index contributed by atoms with van der Waals surface area (Å²) < 4.78 is 25.6. The van der Waals surface area contributed by atoms with Crippen molar-refractivity contribution >= 4 is 28.6 Å². The fourth-order valence-corrected chi connectivity index (χ4v) is 4.67. The molecule has 0 spiro atoms. The number of aromatic nitrogens is 2. The van der Waals surface area contributed by atoms with E-state index in [1.807, 2.05) is 0 Å². The van der Waals surface area contributed by atoms with Crippen molar-refractivity contribution in [2.24, 2.45) is 0 Å². The van der Waals surface area contributed by atoms with Gasteiger partial charge in [0.2, 0.25) is 0 Å². The molecule has 0 saturated carbocycles. The SMILES string of the molecule is COCCNC(=O)c1ccc2c(=O)n(CC3CCCO3)c(SCc3ccc(F)cc3)nc2c1. The Bertz CT molecular complexity index is 1180. The third-order valence-electron chi connectivity index (χ3n) is 5.47. The van der Waals surface area contributed by atoms with Crippen LogP contribution in [0.1, 0.15) is 28.8 Å². The van der Waals surface area contributed by atoms with Gasteiger partial charge in [-0.15, -0.1) is 0 Å². The number of amides is 1. The molecule has 1 unspecified atom stereocenters. The Kier molecular flexibility index (Phi) is 7.74. The lowest BCUT2D eigenvalue weighted by atomic mass is 10.1. The normalized spacial score (nSPS) is 15.8. The molecule has 1 fully saturated rings. The Hall–Kier alpha value is -2.75. The van der Waals surface area contributed by atoms with Crippen LogP contribution >= 0.6 is 11.8 Å². The van der Waals surface area contributed by atoms with Crippen LogP contribution in [-0.4, -0.2) is 48.4 Å². The summed E-state index contributed by atoms with van der Waals surface area (Å²) in [5.74, 6) is -0.0139. The molecule has 2 heterocycles. The number of nitrogens with one attached hydrogen (secondary N) is 1. The summed E-state index contributed by atoms with van der Waals surface area (Å²) in [6, 6.07) is 11.2. The Morgan fingerprint density at radius 1 is 1.30 bits per heavy atom. The van der Waals surface area contributed by atoms with Gasteiger partial charge in [-0.1, -0.05) is 23.9 Å². The van der Waals surface area contributed by atoms with E-state index in [1.165, 1.54) is 23.9 Å². The minimum atomic E-state index is -0.292. The summed E-state index contributed by atoms with van der Waals surface area (Å²) in [5, 5.41) is 3.77. The lowest BCUT2D eigenvalue weighted by molar-refractivity contribution is 0.0935. The van der Waals surface area contributed by atoms with Crippen LogP contribution in [0.2, 0.25) is 0 Å². The molecule has 3 aromatic rings. The van der Waals surface area contributed by atoms with Gasteiger partial charge in [0.1, 0.15) is 5.82 Å². The molecule has 7 nitrogen and oxygen atoms in total. The highest BCUT2D eigenvalue weighted by Gasteiger charge is 2.21. The molecule has 1 aromatic heterocycles. The molecule has 0 radical (unpaired) electrons. The molecule has 1 atom stereocenters. The van der Waals surface area contributed by atoms with Gasteiger partial charge in [0, 0.05) is 31.6 Å². The molecule has 4 rings (SSSR count). The molecular weight excluding hydrogens is 445 g/mol. The molecule has 1 aliphatic rings. The van der Waals surface area contributed by atoms with Gasteiger partial charge in [0.05, 0.1) is 30.2 Å². The molecule has 174 valence electrons. The smallest absolute Gasteiger partial charge is 0.262 e. The molecule has 1 saturated heterocycles. The molecular formula is C24H26FN3O4S. The van der Waals surface area contributed by atoms with Crippen LogP contribution in [0.25, 0.3) is 10.9 Å². The van der Waals surface area contributed by atoms with E-state index in [0.717, 1.165) is 18.4 Å². The summed E-state index contributed by atoms with van der Waals surface area (Å²) in [6.07, 6.45) is 1.84. The average Bonchev–Trinajstić information content (AvgIpc) is 3.34. The number of fused-ring (bicyclic) bond motifs is 1. The Morgan fingerprint density at radius 2 is 2.12 bits per heavy atom. The molecule has 1 aliphatic heterocycles. The van der Waals surface area contributed by atoms with Crippen LogP contribution in [0, 0.1) is 5.82 Å². The van der Waals surface area contributed by atoms with Crippen LogP contribution in [-0.2, 0) is 21.8 Å². The van der Waals surface area contributed by atoms with Crippen molar-refractivity contribution < 1.29 is 18.7 Å². The maximum Gasteiger partial charge on any atom is 0.262 e. The van der Waals surface area contributed by atoms with E-state index < -0.39 is 0 Å². The number of rotatable bonds is 9. The number of carbonyl (C=O) groups is 1. The molecule has 0 bridgehead atoms. The largest absolute Gasteiger partial charge is 0.383 e. The van der Waals surface area contributed by atoms with Crippen molar-refractivity contribution in [2.45, 2.75) is 36.4 Å². The maximum atomic E-state index is 13.4. The summed E-state index contributed by atoms with van der Waals surface area (Å²) >= 11 is 1.41. The van der Waals surface area contributed by atoms with Crippen molar-refractivity contribution in [3.63, 3.8) is 0 Å². The third kappa shape index (κ3) is 5.79. The lowest BCUT2D eigenvalue weighted by Crippen LogP contribution is -2.29. The van der Waals surface area contributed by atoms with Crippen molar-refractivity contribution in [3.05, 3.63) is 69.8 Å². The van der Waals surface area contributed by atoms with Gasteiger partial charge in [-0.2, -0.15) is 0 Å². The Labute approximate surface area is 195 Å². The predicted molar refractivity (Wildman–Crippen MR) is 125 cm³/mol. The van der Waals surface area contributed by atoms with E-state index in [2.05, 4.69) is 5.32 Å². The second kappa shape index (κ2) is 10.9. The topological polar surface area (TPSA) is 82.5 Å². The van der Waals surface area contributed by atoms with Gasteiger partial charge in [0.25, 0.3) is 11.5 Å². The highest BCUT2D eigenvalue weighted by molar-refractivity contribution is 7.98. The molecule has 1 amide bonds. The first kappa shape index (κ1) is 23.4. The number of hydrogen-bond donors (Lipinski definition) is 1. The molecule has 1 N–H and O–H groups in total. The summed E-state index contributed by atoms with van der Waals surface area (Å²) in [4.78, 5) is 30.6. The van der Waals surface area contributed by atoms with Crippen LogP contribution < -0.4 is 10.9 Å².